The van der Waals surface area contributed by atoms with Gasteiger partial charge in [-0.2, -0.15) is 15.2 Å². The highest BCUT2D eigenvalue weighted by Gasteiger charge is 2.51. The van der Waals surface area contributed by atoms with E-state index in [9.17, 15) is 15.5 Å². The molecule has 4 aromatic rings. The van der Waals surface area contributed by atoms with E-state index in [1.807, 2.05) is 11.8 Å². The van der Waals surface area contributed by atoms with E-state index in [0.29, 0.717) is 54.6 Å². The van der Waals surface area contributed by atoms with Crippen LogP contribution in [0.2, 0.25) is 0 Å². The molecule has 8 rings (SSSR count). The van der Waals surface area contributed by atoms with Gasteiger partial charge in [0.05, 0.1) is 39.5 Å². The number of anilines is 1. The van der Waals surface area contributed by atoms with Crippen molar-refractivity contribution in [2.75, 3.05) is 51.5 Å². The Morgan fingerprint density at radius 1 is 1.09 bits per heavy atom. The van der Waals surface area contributed by atoms with Crippen LogP contribution < -0.4 is 14.4 Å². The minimum atomic E-state index is -1.23. The van der Waals surface area contributed by atoms with E-state index in [2.05, 4.69) is 16.0 Å². The number of phenols is 1. The highest BCUT2D eigenvalue weighted by atomic mass is 19.1. The number of piperidine rings is 1. The minimum Gasteiger partial charge on any atom is -0.508 e. The molecule has 2 aromatic carbocycles. The van der Waals surface area contributed by atoms with Crippen molar-refractivity contribution < 1.29 is 33.2 Å². The molecule has 11 nitrogen and oxygen atoms in total. The fourth-order valence-corrected chi connectivity index (χ4v) is 9.49. The summed E-state index contributed by atoms with van der Waals surface area (Å²) in [7, 11) is 1.42. The van der Waals surface area contributed by atoms with Gasteiger partial charge < -0.3 is 29.3 Å². The molecular formula is C40H46F2N6O5. The monoisotopic (exact) mass is 728 g/mol. The average molecular weight is 729 g/mol. The first kappa shape index (κ1) is 35.6. The Hall–Kier alpha value is -4.38. The van der Waals surface area contributed by atoms with E-state index in [1.165, 1.54) is 25.3 Å². The van der Waals surface area contributed by atoms with Gasteiger partial charge in [0.25, 0.3) is 0 Å². The maximum absolute atomic E-state index is 17.3. The first-order chi connectivity index (χ1) is 25.5. The molecule has 2 aliphatic carbocycles. The molecule has 2 aliphatic heterocycles. The molecule has 3 atom stereocenters. The molecule has 4 heterocycles. The maximum Gasteiger partial charge on any atom is 0.319 e. The lowest BCUT2D eigenvalue weighted by molar-refractivity contribution is -0.0472. The quantitative estimate of drug-likeness (QED) is 0.212. The lowest BCUT2D eigenvalue weighted by Gasteiger charge is -2.52. The van der Waals surface area contributed by atoms with E-state index in [1.54, 1.807) is 13.0 Å². The second-order valence-electron chi connectivity index (χ2n) is 15.6. The van der Waals surface area contributed by atoms with Crippen molar-refractivity contribution in [2.45, 2.75) is 82.9 Å². The Morgan fingerprint density at radius 2 is 1.91 bits per heavy atom. The second-order valence-corrected chi connectivity index (χ2v) is 15.6. The van der Waals surface area contributed by atoms with Crippen LogP contribution in [-0.2, 0) is 11.2 Å². The number of aryl methyl sites for hydroxylation is 1. The number of aromatic hydroxyl groups is 1. The Kier molecular flexibility index (Phi) is 9.28. The number of β-amino-alcohol motifs (C(OH)–C–C–N with tert-alkyl or cyclic N) is 1. The van der Waals surface area contributed by atoms with Gasteiger partial charge in [-0.3, -0.25) is 4.90 Å². The maximum atomic E-state index is 17.3. The highest BCUT2D eigenvalue weighted by molar-refractivity contribution is 6.03. The van der Waals surface area contributed by atoms with Gasteiger partial charge in [0.1, 0.15) is 39.6 Å². The fraction of sp³-hybridized carbons (Fsp3) is 0.550. The van der Waals surface area contributed by atoms with Crippen molar-refractivity contribution in [2.24, 2.45) is 11.3 Å². The summed E-state index contributed by atoms with van der Waals surface area (Å²) in [5.41, 5.74) is -1.06. The number of aliphatic hydroxyl groups is 1. The molecule has 13 heteroatoms. The summed E-state index contributed by atoms with van der Waals surface area (Å²) in [6.07, 6.45) is 7.28. The number of nitriles is 1. The van der Waals surface area contributed by atoms with Crippen molar-refractivity contribution in [3.63, 3.8) is 0 Å². The zero-order chi connectivity index (χ0) is 37.1. The van der Waals surface area contributed by atoms with Crippen molar-refractivity contribution >= 4 is 27.5 Å². The predicted molar refractivity (Wildman–Crippen MR) is 195 cm³/mol. The van der Waals surface area contributed by atoms with E-state index >= 15 is 8.78 Å². The van der Waals surface area contributed by atoms with Crippen molar-refractivity contribution in [3.8, 4) is 35.0 Å². The van der Waals surface area contributed by atoms with Gasteiger partial charge in [0.2, 0.25) is 5.88 Å². The van der Waals surface area contributed by atoms with Crippen LogP contribution in [0, 0.1) is 34.3 Å². The summed E-state index contributed by atoms with van der Waals surface area (Å²) >= 11 is 0. The van der Waals surface area contributed by atoms with Crippen LogP contribution in [0.4, 0.5) is 14.6 Å². The Balaban J connectivity index is 1.26. The zero-order valence-corrected chi connectivity index (χ0v) is 30.5. The van der Waals surface area contributed by atoms with Gasteiger partial charge in [0.15, 0.2) is 5.82 Å². The van der Waals surface area contributed by atoms with E-state index in [-0.39, 0.29) is 70.1 Å². The van der Waals surface area contributed by atoms with Crippen LogP contribution in [0.25, 0.3) is 32.9 Å². The SMILES string of the molecule is CCc1c(F)ccc2cc(O)cc(-c3nc(OC)c4c(N5CCOC[C@@](C)(O)C5)nc(OC[C@]56CCC[C@H]5N(C5CC(C#N)C5)CCC6)nc4c3F)c12. The largest absolute Gasteiger partial charge is 0.508 e. The van der Waals surface area contributed by atoms with Crippen LogP contribution in [-0.4, -0.2) is 94.3 Å². The molecule has 0 amide bonds. The van der Waals surface area contributed by atoms with E-state index in [4.69, 9.17) is 24.2 Å². The van der Waals surface area contributed by atoms with Gasteiger partial charge >= 0.3 is 6.01 Å². The molecular weight excluding hydrogens is 682 g/mol. The molecule has 4 aliphatic rings. The summed E-state index contributed by atoms with van der Waals surface area (Å²) in [6, 6.07) is 8.93. The number of nitrogens with zero attached hydrogens (tertiary/aromatic N) is 6. The van der Waals surface area contributed by atoms with Gasteiger partial charge in [-0.25, -0.2) is 13.8 Å². The van der Waals surface area contributed by atoms with Crippen molar-refractivity contribution in [3.05, 3.63) is 41.5 Å². The zero-order valence-electron chi connectivity index (χ0n) is 30.5. The molecule has 2 saturated heterocycles. The summed E-state index contributed by atoms with van der Waals surface area (Å²) in [4.78, 5) is 18.7. The van der Waals surface area contributed by atoms with Gasteiger partial charge in [0, 0.05) is 35.5 Å². The Morgan fingerprint density at radius 3 is 2.68 bits per heavy atom. The summed E-state index contributed by atoms with van der Waals surface area (Å²) in [6.45, 7) is 5.73. The molecule has 2 saturated carbocycles. The summed E-state index contributed by atoms with van der Waals surface area (Å²) in [5, 5.41) is 32.5. The lowest BCUT2D eigenvalue weighted by atomic mass is 9.72. The number of methoxy groups -OCH3 is 1. The third kappa shape index (κ3) is 6.28. The molecule has 0 spiro atoms. The van der Waals surface area contributed by atoms with Crippen LogP contribution in [0.1, 0.15) is 64.4 Å². The van der Waals surface area contributed by atoms with Gasteiger partial charge in [-0.1, -0.05) is 19.4 Å². The number of rotatable bonds is 8. The molecule has 0 radical (unpaired) electrons. The number of hydrogen-bond donors (Lipinski definition) is 2. The number of likely N-dealkylation sites (tertiary alicyclic amines) is 1. The summed E-state index contributed by atoms with van der Waals surface area (Å²) < 4.78 is 50.6. The van der Waals surface area contributed by atoms with Crippen molar-refractivity contribution in [1.82, 2.24) is 19.9 Å². The number of pyridine rings is 1. The van der Waals surface area contributed by atoms with E-state index in [0.717, 1.165) is 51.5 Å². The van der Waals surface area contributed by atoms with Crippen LogP contribution >= 0.6 is 0 Å². The van der Waals surface area contributed by atoms with Crippen LogP contribution in [0.3, 0.4) is 0 Å². The van der Waals surface area contributed by atoms with Gasteiger partial charge in [-0.05, 0) is 92.9 Å². The fourth-order valence-electron chi connectivity index (χ4n) is 9.49. The highest BCUT2D eigenvalue weighted by Crippen LogP contribution is 2.51. The molecule has 2 aromatic heterocycles. The first-order valence-electron chi connectivity index (χ1n) is 18.8. The summed E-state index contributed by atoms with van der Waals surface area (Å²) in [5.74, 6) is -0.929. The smallest absolute Gasteiger partial charge is 0.319 e. The number of phenolic OH excluding ortho intramolecular Hbond substituents is 1. The number of hydrogen-bond acceptors (Lipinski definition) is 11. The topological polar surface area (TPSA) is 137 Å². The lowest BCUT2D eigenvalue weighted by Crippen LogP contribution is -2.58. The molecule has 2 N–H and O–H groups in total. The number of aromatic nitrogens is 3. The molecule has 53 heavy (non-hydrogen) atoms. The molecule has 4 fully saturated rings. The third-order valence-electron chi connectivity index (χ3n) is 12.0. The normalized spacial score (nSPS) is 27.6. The third-order valence-corrected chi connectivity index (χ3v) is 12.0. The van der Waals surface area contributed by atoms with Crippen molar-refractivity contribution in [1.29, 1.82) is 5.26 Å². The number of halogens is 2. The number of fused-ring (bicyclic) bond motifs is 3. The molecule has 0 bridgehead atoms. The number of ether oxygens (including phenoxy) is 3. The second kappa shape index (κ2) is 13.8. The number of benzene rings is 2. The van der Waals surface area contributed by atoms with Crippen LogP contribution in [0.5, 0.6) is 17.6 Å². The predicted octanol–water partition coefficient (Wildman–Crippen LogP) is 6.30. The Labute approximate surface area is 307 Å². The standard InChI is InChI=1S/C40H46F2N6O5/c1-4-27-29(41)9-8-24-17-26(49)18-28(31(24)27)34-33(42)35-32(37(44-34)51-3)36(47-13-14-52-21-39(2,50)20-47)46-38(45-35)53-22-40-10-5-7-30(40)48(12-6-11-40)25-15-23(16-25)19-43/h8-9,17-18,23,25,30,49-50H,4-7,10-16,20-22H2,1-3H3/t23?,25?,30-,39+,40-/m1/s1. The average Bonchev–Trinajstić information content (AvgIpc) is 3.47. The Bertz CT molecular complexity index is 2100. The molecule has 280 valence electrons. The minimum absolute atomic E-state index is 0.0122. The van der Waals surface area contributed by atoms with E-state index < -0.39 is 17.2 Å². The van der Waals surface area contributed by atoms with Gasteiger partial charge in [-0.15, -0.1) is 0 Å². The molecule has 0 unspecified atom stereocenters. The first-order valence-corrected chi connectivity index (χ1v) is 18.8. The van der Waals surface area contributed by atoms with Crippen LogP contribution in [0.15, 0.2) is 24.3 Å².